The van der Waals surface area contributed by atoms with Crippen LogP contribution in [-0.4, -0.2) is 24.3 Å². The minimum absolute atomic E-state index is 0.120. The zero-order chi connectivity index (χ0) is 24.5. The van der Waals surface area contributed by atoms with Crippen molar-refractivity contribution < 1.29 is 19.4 Å². The Morgan fingerprint density at radius 2 is 1.68 bits per heavy atom. The minimum atomic E-state index is -0.403. The van der Waals surface area contributed by atoms with Gasteiger partial charge in [0.2, 0.25) is 0 Å². The molecule has 0 unspecified atom stereocenters. The smallest absolute Gasteiger partial charge is 0.333 e. The van der Waals surface area contributed by atoms with Gasteiger partial charge in [0.25, 0.3) is 0 Å². The summed E-state index contributed by atoms with van der Waals surface area (Å²) in [6.45, 7) is 11.8. The summed E-state index contributed by atoms with van der Waals surface area (Å²) in [5.41, 5.74) is 7.97. The minimum Gasteiger partial charge on any atom is -0.490 e. The van der Waals surface area contributed by atoms with Crippen molar-refractivity contribution in [2.24, 2.45) is 0 Å². The lowest BCUT2D eigenvalue weighted by Crippen LogP contribution is -2.07. The van der Waals surface area contributed by atoms with E-state index in [4.69, 9.17) is 9.47 Å². The monoisotopic (exact) mass is 456 g/mol. The molecule has 176 valence electrons. The first kappa shape index (κ1) is 25.0. The molecule has 0 amide bonds. The molecule has 0 saturated carbocycles. The highest BCUT2D eigenvalue weighted by atomic mass is 16.5. The van der Waals surface area contributed by atoms with Crippen molar-refractivity contribution in [1.29, 1.82) is 0 Å². The van der Waals surface area contributed by atoms with E-state index in [2.05, 4.69) is 68.6 Å². The fourth-order valence-corrected chi connectivity index (χ4v) is 3.77. The summed E-state index contributed by atoms with van der Waals surface area (Å²) in [6.07, 6.45) is 3.11. The number of rotatable bonds is 11. The van der Waals surface area contributed by atoms with E-state index >= 15 is 0 Å². The zero-order valence-electron chi connectivity index (χ0n) is 20.0. The topological polar surface area (TPSA) is 55.8 Å². The van der Waals surface area contributed by atoms with Crippen LogP contribution in [-0.2, 0) is 22.6 Å². The van der Waals surface area contributed by atoms with Crippen LogP contribution < -0.4 is 4.74 Å². The summed E-state index contributed by atoms with van der Waals surface area (Å²) < 4.78 is 11.0. The SMILES string of the molecule is C=CCOc1ccc(-c2ccc(-c3ccc(CCCO)c(COC(=O)C(=C)C)c3)c(C)c2)cc1. The van der Waals surface area contributed by atoms with E-state index in [9.17, 15) is 9.90 Å². The molecule has 1 N–H and O–H groups in total. The van der Waals surface area contributed by atoms with Gasteiger partial charge in [0.1, 0.15) is 19.0 Å². The number of carbonyl (C=O) groups is 1. The summed E-state index contributed by atoms with van der Waals surface area (Å²) in [5.74, 6) is 0.415. The van der Waals surface area contributed by atoms with Crippen molar-refractivity contribution in [1.82, 2.24) is 0 Å². The maximum absolute atomic E-state index is 11.9. The van der Waals surface area contributed by atoms with E-state index in [-0.39, 0.29) is 13.2 Å². The first-order valence-electron chi connectivity index (χ1n) is 11.4. The summed E-state index contributed by atoms with van der Waals surface area (Å²) in [6, 6.07) is 20.7. The van der Waals surface area contributed by atoms with Crippen molar-refractivity contribution in [3.8, 4) is 28.0 Å². The Balaban J connectivity index is 1.86. The number of carbonyl (C=O) groups excluding carboxylic acids is 1. The van der Waals surface area contributed by atoms with Crippen LogP contribution in [0.15, 0.2) is 85.5 Å². The Labute approximate surface area is 202 Å². The van der Waals surface area contributed by atoms with Gasteiger partial charge in [-0.2, -0.15) is 0 Å². The Morgan fingerprint density at radius 3 is 2.32 bits per heavy atom. The first-order valence-corrected chi connectivity index (χ1v) is 11.4. The van der Waals surface area contributed by atoms with Gasteiger partial charge in [-0.3, -0.25) is 0 Å². The molecule has 0 fully saturated rings. The van der Waals surface area contributed by atoms with Crippen LogP contribution in [0.2, 0.25) is 0 Å². The molecule has 3 aromatic carbocycles. The van der Waals surface area contributed by atoms with Crippen LogP contribution in [0.4, 0.5) is 0 Å². The van der Waals surface area contributed by atoms with Crippen LogP contribution in [0.1, 0.15) is 30.0 Å². The number of benzene rings is 3. The molecular weight excluding hydrogens is 424 g/mol. The summed E-state index contributed by atoms with van der Waals surface area (Å²) in [4.78, 5) is 11.9. The predicted molar refractivity (Wildman–Crippen MR) is 138 cm³/mol. The predicted octanol–water partition coefficient (Wildman–Crippen LogP) is 6.44. The maximum atomic E-state index is 11.9. The number of hydrogen-bond donors (Lipinski definition) is 1. The number of aliphatic hydroxyl groups excluding tert-OH is 1. The molecule has 0 aromatic heterocycles. The maximum Gasteiger partial charge on any atom is 0.333 e. The third-order valence-electron chi connectivity index (χ3n) is 5.61. The van der Waals surface area contributed by atoms with Crippen molar-refractivity contribution in [3.63, 3.8) is 0 Å². The van der Waals surface area contributed by atoms with Crippen molar-refractivity contribution in [3.05, 3.63) is 102 Å². The molecule has 0 aliphatic carbocycles. The number of aliphatic hydroxyl groups is 1. The van der Waals surface area contributed by atoms with Gasteiger partial charge in [0.15, 0.2) is 0 Å². The second kappa shape index (κ2) is 12.0. The molecule has 0 aliphatic rings. The number of ether oxygens (including phenoxy) is 2. The third-order valence-corrected chi connectivity index (χ3v) is 5.61. The first-order chi connectivity index (χ1) is 16.4. The fraction of sp³-hybridized carbons (Fsp3) is 0.233. The van der Waals surface area contributed by atoms with Gasteiger partial charge in [-0.05, 0) is 83.8 Å². The Morgan fingerprint density at radius 1 is 0.971 bits per heavy atom. The molecule has 0 saturated heterocycles. The third kappa shape index (κ3) is 6.46. The van der Waals surface area contributed by atoms with E-state index < -0.39 is 5.97 Å². The van der Waals surface area contributed by atoms with Crippen LogP contribution in [0.3, 0.4) is 0 Å². The summed E-state index contributed by atoms with van der Waals surface area (Å²) >= 11 is 0. The van der Waals surface area contributed by atoms with Crippen molar-refractivity contribution in [2.75, 3.05) is 13.2 Å². The molecule has 0 spiro atoms. The largest absolute Gasteiger partial charge is 0.490 e. The normalized spacial score (nSPS) is 10.6. The molecule has 3 rings (SSSR count). The van der Waals surface area contributed by atoms with E-state index in [1.807, 2.05) is 12.1 Å². The molecule has 4 heteroatoms. The van der Waals surface area contributed by atoms with Crippen LogP contribution in [0.5, 0.6) is 5.75 Å². The molecule has 0 radical (unpaired) electrons. The van der Waals surface area contributed by atoms with E-state index in [0.29, 0.717) is 18.6 Å². The Kier molecular flexibility index (Phi) is 8.83. The average molecular weight is 457 g/mol. The molecular formula is C30H32O4. The Hall–Kier alpha value is -3.63. The number of hydrogen-bond acceptors (Lipinski definition) is 4. The van der Waals surface area contributed by atoms with Crippen LogP contribution in [0, 0.1) is 6.92 Å². The molecule has 0 heterocycles. The van der Waals surface area contributed by atoms with Crippen molar-refractivity contribution in [2.45, 2.75) is 33.3 Å². The highest BCUT2D eigenvalue weighted by Crippen LogP contribution is 2.31. The van der Waals surface area contributed by atoms with Crippen LogP contribution >= 0.6 is 0 Å². The summed E-state index contributed by atoms with van der Waals surface area (Å²) in [7, 11) is 0. The van der Waals surface area contributed by atoms with Gasteiger partial charge in [-0.15, -0.1) is 0 Å². The van der Waals surface area contributed by atoms with Crippen molar-refractivity contribution >= 4 is 5.97 Å². The molecule has 0 atom stereocenters. The van der Waals surface area contributed by atoms with Gasteiger partial charge in [0.05, 0.1) is 0 Å². The second-order valence-corrected chi connectivity index (χ2v) is 8.32. The van der Waals surface area contributed by atoms with Gasteiger partial charge in [-0.1, -0.05) is 61.7 Å². The van der Waals surface area contributed by atoms with Gasteiger partial charge < -0.3 is 14.6 Å². The summed E-state index contributed by atoms with van der Waals surface area (Å²) in [5, 5.41) is 9.24. The zero-order valence-corrected chi connectivity index (χ0v) is 20.0. The average Bonchev–Trinajstić information content (AvgIpc) is 2.85. The van der Waals surface area contributed by atoms with E-state index in [0.717, 1.165) is 51.1 Å². The lowest BCUT2D eigenvalue weighted by atomic mass is 9.92. The lowest BCUT2D eigenvalue weighted by Gasteiger charge is -2.15. The van der Waals surface area contributed by atoms with Gasteiger partial charge in [0, 0.05) is 12.2 Å². The standard InChI is InChI=1S/C30H32O4/c1-5-17-33-28-13-10-24(11-14-28)25-12-15-29(22(4)18-25)26-9-8-23(7-6-16-31)27(19-26)20-34-30(32)21(2)3/h5,8-15,18-19,31H,1-2,6-7,16-17,20H2,3-4H3. The van der Waals surface area contributed by atoms with Crippen LogP contribution in [0.25, 0.3) is 22.3 Å². The second-order valence-electron chi connectivity index (χ2n) is 8.32. The molecule has 3 aromatic rings. The van der Waals surface area contributed by atoms with Gasteiger partial charge >= 0.3 is 5.97 Å². The Bertz CT molecular complexity index is 1160. The quantitative estimate of drug-likeness (QED) is 0.205. The highest BCUT2D eigenvalue weighted by Gasteiger charge is 2.11. The van der Waals surface area contributed by atoms with E-state index in [1.54, 1.807) is 13.0 Å². The number of aryl methyl sites for hydroxylation is 2. The van der Waals surface area contributed by atoms with Gasteiger partial charge in [-0.25, -0.2) is 4.79 Å². The molecule has 4 nitrogen and oxygen atoms in total. The van der Waals surface area contributed by atoms with E-state index in [1.165, 1.54) is 0 Å². The fourth-order valence-electron chi connectivity index (χ4n) is 3.77. The highest BCUT2D eigenvalue weighted by molar-refractivity contribution is 5.87. The molecule has 0 aliphatic heterocycles. The lowest BCUT2D eigenvalue weighted by molar-refractivity contribution is -0.140. The number of esters is 1. The molecule has 0 bridgehead atoms. The molecule has 34 heavy (non-hydrogen) atoms.